The molecule has 1 saturated carbocycles. The summed E-state index contributed by atoms with van der Waals surface area (Å²) < 4.78 is 0. The first-order valence-corrected chi connectivity index (χ1v) is 10.2. The molecule has 0 heterocycles. The van der Waals surface area contributed by atoms with Gasteiger partial charge < -0.3 is 10.2 Å². The molecule has 2 amide bonds. The fourth-order valence-corrected chi connectivity index (χ4v) is 4.05. The van der Waals surface area contributed by atoms with E-state index in [9.17, 15) is 9.59 Å². The number of anilines is 2. The lowest BCUT2D eigenvalue weighted by molar-refractivity contribution is -0.126. The van der Waals surface area contributed by atoms with Gasteiger partial charge in [-0.1, -0.05) is 24.3 Å². The molecule has 4 heteroatoms. The first-order valence-electron chi connectivity index (χ1n) is 10.2. The van der Waals surface area contributed by atoms with Gasteiger partial charge in [0.1, 0.15) is 0 Å². The Morgan fingerprint density at radius 1 is 0.929 bits per heavy atom. The molecule has 2 aromatic rings. The molecule has 28 heavy (non-hydrogen) atoms. The third-order valence-corrected chi connectivity index (χ3v) is 5.63. The summed E-state index contributed by atoms with van der Waals surface area (Å²) in [7, 11) is 0. The fraction of sp³-hybridized carbons (Fsp3) is 0.417. The van der Waals surface area contributed by atoms with Crippen LogP contribution in [-0.2, 0) is 9.59 Å². The van der Waals surface area contributed by atoms with Gasteiger partial charge in [-0.3, -0.25) is 9.59 Å². The minimum absolute atomic E-state index is 0.00322. The highest BCUT2D eigenvalue weighted by Crippen LogP contribution is 2.32. The van der Waals surface area contributed by atoms with Crippen molar-refractivity contribution >= 4 is 23.2 Å². The minimum Gasteiger partial charge on any atom is -0.326 e. The quantitative estimate of drug-likeness (QED) is 0.787. The topological polar surface area (TPSA) is 49.4 Å². The number of benzene rings is 2. The number of nitrogens with one attached hydrogen (secondary N) is 1. The standard InChI is InChI=1S/C24H30N2O2/c1-4-26(22-10-6-8-18(3)16-22)24(28)20-13-11-19(12-14-20)23(27)25-21-9-5-7-17(2)15-21/h5-10,15-16,19-20H,4,11-14H2,1-3H3,(H,25,27). The van der Waals surface area contributed by atoms with Crippen molar-refractivity contribution < 1.29 is 9.59 Å². The van der Waals surface area contributed by atoms with E-state index in [2.05, 4.69) is 11.4 Å². The number of amides is 2. The number of carbonyl (C=O) groups excluding carboxylic acids is 2. The number of hydrogen-bond acceptors (Lipinski definition) is 2. The zero-order valence-corrected chi connectivity index (χ0v) is 17.1. The maximum Gasteiger partial charge on any atom is 0.230 e. The lowest BCUT2D eigenvalue weighted by Gasteiger charge is -2.31. The van der Waals surface area contributed by atoms with Crippen molar-refractivity contribution in [3.05, 3.63) is 59.7 Å². The number of carbonyl (C=O) groups is 2. The maximum atomic E-state index is 13.1. The van der Waals surface area contributed by atoms with Crippen LogP contribution in [0.1, 0.15) is 43.7 Å². The van der Waals surface area contributed by atoms with Gasteiger partial charge in [0.2, 0.25) is 11.8 Å². The van der Waals surface area contributed by atoms with Gasteiger partial charge in [0.05, 0.1) is 0 Å². The summed E-state index contributed by atoms with van der Waals surface area (Å²) in [4.78, 5) is 27.5. The highest BCUT2D eigenvalue weighted by molar-refractivity contribution is 5.96. The van der Waals surface area contributed by atoms with Crippen LogP contribution in [0.3, 0.4) is 0 Å². The minimum atomic E-state index is -0.0152. The molecule has 0 unspecified atom stereocenters. The predicted molar refractivity (Wildman–Crippen MR) is 114 cm³/mol. The van der Waals surface area contributed by atoms with Gasteiger partial charge in [-0.2, -0.15) is 0 Å². The average molecular weight is 379 g/mol. The zero-order chi connectivity index (χ0) is 20.1. The van der Waals surface area contributed by atoms with Crippen LogP contribution in [0.2, 0.25) is 0 Å². The molecule has 0 bridgehead atoms. The average Bonchev–Trinajstić information content (AvgIpc) is 2.68. The molecule has 0 atom stereocenters. The Bertz CT molecular complexity index is 838. The van der Waals surface area contributed by atoms with Crippen LogP contribution in [0.25, 0.3) is 0 Å². The van der Waals surface area contributed by atoms with Crippen LogP contribution < -0.4 is 10.2 Å². The SMILES string of the molecule is CCN(C(=O)C1CCC(C(=O)Nc2cccc(C)c2)CC1)c1cccc(C)c1. The Kier molecular flexibility index (Phi) is 6.50. The van der Waals surface area contributed by atoms with Crippen molar-refractivity contribution in [2.75, 3.05) is 16.8 Å². The highest BCUT2D eigenvalue weighted by atomic mass is 16.2. The van der Waals surface area contributed by atoms with Crippen LogP contribution >= 0.6 is 0 Å². The molecule has 1 aliphatic rings. The molecule has 4 nitrogen and oxygen atoms in total. The van der Waals surface area contributed by atoms with E-state index >= 15 is 0 Å². The second kappa shape index (κ2) is 9.05. The largest absolute Gasteiger partial charge is 0.326 e. The maximum absolute atomic E-state index is 13.1. The smallest absolute Gasteiger partial charge is 0.230 e. The number of aryl methyl sites for hydroxylation is 2. The van der Waals surface area contributed by atoms with E-state index < -0.39 is 0 Å². The van der Waals surface area contributed by atoms with Gasteiger partial charge in [0.25, 0.3) is 0 Å². The third kappa shape index (κ3) is 4.80. The first kappa shape index (κ1) is 20.1. The molecular formula is C24H30N2O2. The second-order valence-corrected chi connectivity index (χ2v) is 7.83. The Labute approximate surface area is 167 Å². The molecule has 1 aliphatic carbocycles. The van der Waals surface area contributed by atoms with E-state index in [1.165, 1.54) is 0 Å². The molecule has 0 aromatic heterocycles. The summed E-state index contributed by atoms with van der Waals surface area (Å²) in [6.45, 7) is 6.73. The molecule has 0 spiro atoms. The predicted octanol–water partition coefficient (Wildman–Crippen LogP) is 5.10. The first-order chi connectivity index (χ1) is 13.5. The molecule has 1 N–H and O–H groups in total. The Balaban J connectivity index is 1.58. The van der Waals surface area contributed by atoms with Gasteiger partial charge in [-0.15, -0.1) is 0 Å². The van der Waals surface area contributed by atoms with Crippen molar-refractivity contribution in [2.45, 2.75) is 46.5 Å². The summed E-state index contributed by atoms with van der Waals surface area (Å²) >= 11 is 0. The van der Waals surface area contributed by atoms with Crippen molar-refractivity contribution in [1.29, 1.82) is 0 Å². The van der Waals surface area contributed by atoms with E-state index in [1.54, 1.807) is 0 Å². The molecule has 148 valence electrons. The lowest BCUT2D eigenvalue weighted by atomic mass is 9.80. The summed E-state index contributed by atoms with van der Waals surface area (Å²) in [5, 5.41) is 3.03. The second-order valence-electron chi connectivity index (χ2n) is 7.83. The van der Waals surface area contributed by atoms with Gasteiger partial charge >= 0.3 is 0 Å². The van der Waals surface area contributed by atoms with Crippen LogP contribution in [-0.4, -0.2) is 18.4 Å². The van der Waals surface area contributed by atoms with Crippen LogP contribution in [0.4, 0.5) is 11.4 Å². The molecule has 1 fully saturated rings. The summed E-state index contributed by atoms with van der Waals surface area (Å²) in [6.07, 6.45) is 3.07. The van der Waals surface area contributed by atoms with Gasteiger partial charge in [0, 0.05) is 29.8 Å². The molecule has 0 aliphatic heterocycles. The molecule has 3 rings (SSSR count). The fourth-order valence-electron chi connectivity index (χ4n) is 4.05. The molecule has 0 radical (unpaired) electrons. The number of rotatable bonds is 5. The lowest BCUT2D eigenvalue weighted by Crippen LogP contribution is -2.39. The van der Waals surface area contributed by atoms with Crippen molar-refractivity contribution in [3.8, 4) is 0 Å². The van der Waals surface area contributed by atoms with E-state index in [0.717, 1.165) is 48.2 Å². The van der Waals surface area contributed by atoms with Crippen molar-refractivity contribution in [3.63, 3.8) is 0 Å². The molecule has 2 aromatic carbocycles. The van der Waals surface area contributed by atoms with Crippen molar-refractivity contribution in [1.82, 2.24) is 0 Å². The Morgan fingerprint density at radius 2 is 1.54 bits per heavy atom. The van der Waals surface area contributed by atoms with E-state index in [4.69, 9.17) is 0 Å². The van der Waals surface area contributed by atoms with Gasteiger partial charge in [-0.05, 0) is 81.8 Å². The van der Waals surface area contributed by atoms with Crippen LogP contribution in [0, 0.1) is 25.7 Å². The van der Waals surface area contributed by atoms with Crippen molar-refractivity contribution in [2.24, 2.45) is 11.8 Å². The highest BCUT2D eigenvalue weighted by Gasteiger charge is 2.32. The third-order valence-electron chi connectivity index (χ3n) is 5.63. The number of nitrogens with zero attached hydrogens (tertiary/aromatic N) is 1. The molecular weight excluding hydrogens is 348 g/mol. The van der Waals surface area contributed by atoms with Gasteiger partial charge in [0.15, 0.2) is 0 Å². The van der Waals surface area contributed by atoms with Crippen LogP contribution in [0.15, 0.2) is 48.5 Å². The zero-order valence-electron chi connectivity index (χ0n) is 17.1. The van der Waals surface area contributed by atoms with E-state index in [-0.39, 0.29) is 23.7 Å². The summed E-state index contributed by atoms with van der Waals surface area (Å²) in [5.41, 5.74) is 4.09. The number of hydrogen-bond donors (Lipinski definition) is 1. The monoisotopic (exact) mass is 378 g/mol. The summed E-state index contributed by atoms with van der Waals surface area (Å²) in [5.74, 6) is 0.246. The summed E-state index contributed by atoms with van der Waals surface area (Å²) in [6, 6.07) is 15.9. The van der Waals surface area contributed by atoms with E-state index in [0.29, 0.717) is 6.54 Å². The molecule has 0 saturated heterocycles. The Morgan fingerprint density at radius 3 is 2.14 bits per heavy atom. The van der Waals surface area contributed by atoms with Crippen LogP contribution in [0.5, 0.6) is 0 Å². The Hall–Kier alpha value is -2.62. The normalized spacial score (nSPS) is 19.1. The van der Waals surface area contributed by atoms with E-state index in [1.807, 2.05) is 68.1 Å². The van der Waals surface area contributed by atoms with Gasteiger partial charge in [-0.25, -0.2) is 0 Å².